The van der Waals surface area contributed by atoms with E-state index < -0.39 is 0 Å². The Labute approximate surface area is 251 Å². The Hall–Kier alpha value is -6.00. The Morgan fingerprint density at radius 3 is 1.86 bits per heavy atom. The number of aromatic nitrogens is 2. The molecule has 3 heterocycles. The van der Waals surface area contributed by atoms with Gasteiger partial charge in [-0.25, -0.2) is 9.97 Å². The van der Waals surface area contributed by atoms with Gasteiger partial charge in [0.15, 0.2) is 5.82 Å². The summed E-state index contributed by atoms with van der Waals surface area (Å²) in [5.74, 6) is 0.622. The van der Waals surface area contributed by atoms with E-state index in [1.807, 2.05) is 36.4 Å². The van der Waals surface area contributed by atoms with Crippen LogP contribution in [0.2, 0.25) is 0 Å². The Morgan fingerprint density at radius 2 is 1.02 bits per heavy atom. The van der Waals surface area contributed by atoms with E-state index in [1.165, 1.54) is 21.5 Å². The third kappa shape index (κ3) is 3.28. The first-order valence-electron chi connectivity index (χ1n) is 14.7. The van der Waals surface area contributed by atoms with Gasteiger partial charge in [0.2, 0.25) is 0 Å². The van der Waals surface area contributed by atoms with Gasteiger partial charge >= 0.3 is 0 Å². The lowest BCUT2D eigenvalue weighted by Crippen LogP contribution is -1.96. The maximum absolute atomic E-state index is 6.66. The fourth-order valence-electron chi connectivity index (χ4n) is 6.86. The highest BCUT2D eigenvalue weighted by Gasteiger charge is 2.22. The van der Waals surface area contributed by atoms with Crippen LogP contribution in [0.4, 0.5) is 0 Å². The topological polar surface area (TPSA) is 52.1 Å². The second kappa shape index (κ2) is 8.76. The van der Waals surface area contributed by atoms with Crippen LogP contribution in [0.5, 0.6) is 0 Å². The summed E-state index contributed by atoms with van der Waals surface area (Å²) in [6.45, 7) is 0. The summed E-state index contributed by atoms with van der Waals surface area (Å²) in [5.41, 5.74) is 7.92. The summed E-state index contributed by atoms with van der Waals surface area (Å²) < 4.78 is 12.9. The third-order valence-electron chi connectivity index (χ3n) is 8.86. The van der Waals surface area contributed by atoms with E-state index in [2.05, 4.69) is 97.1 Å². The Balaban J connectivity index is 1.25. The lowest BCUT2D eigenvalue weighted by Gasteiger charge is -2.11. The molecule has 4 heteroatoms. The van der Waals surface area contributed by atoms with Crippen molar-refractivity contribution in [2.75, 3.05) is 0 Å². The van der Waals surface area contributed by atoms with Crippen molar-refractivity contribution in [2.24, 2.45) is 0 Å². The smallest absolute Gasteiger partial charge is 0.164 e. The Morgan fingerprint density at radius 1 is 0.386 bits per heavy atom. The van der Waals surface area contributed by atoms with Crippen LogP contribution in [-0.2, 0) is 0 Å². The summed E-state index contributed by atoms with van der Waals surface area (Å²) in [6, 6.07) is 46.0. The van der Waals surface area contributed by atoms with Gasteiger partial charge in [0, 0.05) is 32.7 Å². The zero-order valence-electron chi connectivity index (χ0n) is 23.4. The molecule has 0 spiro atoms. The molecule has 0 unspecified atom stereocenters. The fourth-order valence-corrected chi connectivity index (χ4v) is 6.86. The van der Waals surface area contributed by atoms with Crippen LogP contribution in [0.25, 0.3) is 99.3 Å². The van der Waals surface area contributed by atoms with Crippen LogP contribution < -0.4 is 0 Å². The minimum absolute atomic E-state index is 0.622. The molecule has 10 rings (SSSR count). The van der Waals surface area contributed by atoms with Crippen LogP contribution in [0, 0.1) is 0 Å². The van der Waals surface area contributed by atoms with E-state index in [9.17, 15) is 0 Å². The van der Waals surface area contributed by atoms with Gasteiger partial charge in [-0.15, -0.1) is 0 Å². The largest absolute Gasteiger partial charge is 0.456 e. The molecule has 0 fully saturated rings. The van der Waals surface area contributed by atoms with Crippen LogP contribution >= 0.6 is 0 Å². The van der Waals surface area contributed by atoms with Crippen molar-refractivity contribution in [2.45, 2.75) is 0 Å². The molecule has 0 atom stereocenters. The van der Waals surface area contributed by atoms with E-state index in [0.717, 1.165) is 72.0 Å². The normalized spacial score (nSPS) is 12.1. The zero-order valence-corrected chi connectivity index (χ0v) is 23.4. The number of rotatable bonds is 3. The van der Waals surface area contributed by atoms with Crippen molar-refractivity contribution in [3.05, 3.63) is 133 Å². The second-order valence-corrected chi connectivity index (χ2v) is 11.3. The maximum Gasteiger partial charge on any atom is 0.164 e. The lowest BCUT2D eigenvalue weighted by molar-refractivity contribution is 0.669. The summed E-state index contributed by atoms with van der Waals surface area (Å²) in [6.07, 6.45) is 0. The average molecular weight is 563 g/mol. The molecule has 4 nitrogen and oxygen atoms in total. The Bertz CT molecular complexity index is 2720. The molecule has 0 aliphatic heterocycles. The molecule has 0 amide bonds. The number of hydrogen-bond acceptors (Lipinski definition) is 4. The van der Waals surface area contributed by atoms with Gasteiger partial charge in [-0.1, -0.05) is 97.1 Å². The molecule has 0 bridgehead atoms. The maximum atomic E-state index is 6.66. The van der Waals surface area contributed by atoms with Crippen molar-refractivity contribution in [1.82, 2.24) is 9.97 Å². The molecule has 10 aromatic rings. The number of para-hydroxylation sites is 1. The summed E-state index contributed by atoms with van der Waals surface area (Å²) in [5, 5.41) is 9.27. The minimum atomic E-state index is 0.622. The van der Waals surface area contributed by atoms with Gasteiger partial charge in [0.25, 0.3) is 0 Å². The van der Waals surface area contributed by atoms with Crippen molar-refractivity contribution in [3.8, 4) is 33.9 Å². The second-order valence-electron chi connectivity index (χ2n) is 11.3. The van der Waals surface area contributed by atoms with E-state index in [1.54, 1.807) is 0 Å². The molecule has 7 aromatic carbocycles. The fraction of sp³-hybridized carbons (Fsp3) is 0. The highest BCUT2D eigenvalue weighted by Crippen LogP contribution is 2.45. The van der Waals surface area contributed by atoms with Crippen molar-refractivity contribution in [3.63, 3.8) is 0 Å². The van der Waals surface area contributed by atoms with Crippen LogP contribution in [0.1, 0.15) is 0 Å². The van der Waals surface area contributed by atoms with Gasteiger partial charge in [-0.05, 0) is 57.9 Å². The monoisotopic (exact) mass is 562 g/mol. The molecule has 0 aliphatic carbocycles. The molecular formula is C40H22N2O2. The molecule has 0 N–H and O–H groups in total. The molecule has 0 saturated carbocycles. The summed E-state index contributed by atoms with van der Waals surface area (Å²) in [4.78, 5) is 10.3. The number of nitrogens with zero attached hydrogens (tertiary/aromatic N) is 2. The van der Waals surface area contributed by atoms with Crippen LogP contribution in [0.3, 0.4) is 0 Å². The summed E-state index contributed by atoms with van der Waals surface area (Å²) >= 11 is 0. The molecule has 204 valence electrons. The SMILES string of the molecule is c1ccc(-c2cc(-c3ccc4c(c3)oc3ccccc34)nc(-c3ccc4c5ccccc5c5cccc6oc3c4c65)n2)cc1. The van der Waals surface area contributed by atoms with E-state index >= 15 is 0 Å². The van der Waals surface area contributed by atoms with E-state index in [-0.39, 0.29) is 0 Å². The van der Waals surface area contributed by atoms with Crippen molar-refractivity contribution < 1.29 is 8.83 Å². The highest BCUT2D eigenvalue weighted by molar-refractivity contribution is 6.34. The molecule has 44 heavy (non-hydrogen) atoms. The molecule has 0 saturated heterocycles. The van der Waals surface area contributed by atoms with Crippen LogP contribution in [-0.4, -0.2) is 9.97 Å². The zero-order chi connectivity index (χ0) is 28.8. The van der Waals surface area contributed by atoms with Crippen molar-refractivity contribution in [1.29, 1.82) is 0 Å². The van der Waals surface area contributed by atoms with Gasteiger partial charge in [0.05, 0.1) is 17.0 Å². The Kier molecular flexibility index (Phi) is 4.69. The third-order valence-corrected chi connectivity index (χ3v) is 8.86. The molecular weight excluding hydrogens is 540 g/mol. The average Bonchev–Trinajstić information content (AvgIpc) is 3.67. The standard InChI is InChI=1S/C40H22N2O2/c1-2-9-23(10-3-1)32-22-33(24-17-18-28-27-13-6-7-15-34(27)43-36(28)21-24)42-40(41-32)31-20-19-30-26-12-5-4-11-25(26)29-14-8-16-35-37(29)38(30)39(31)44-35/h1-22H. The first-order chi connectivity index (χ1) is 21.8. The van der Waals surface area contributed by atoms with Gasteiger partial charge < -0.3 is 8.83 Å². The number of fused-ring (bicyclic) bond motifs is 6. The van der Waals surface area contributed by atoms with Crippen LogP contribution in [0.15, 0.2) is 142 Å². The first-order valence-corrected chi connectivity index (χ1v) is 14.7. The predicted octanol–water partition coefficient (Wildman–Crippen LogP) is 11.0. The van der Waals surface area contributed by atoms with E-state index in [4.69, 9.17) is 18.8 Å². The van der Waals surface area contributed by atoms with E-state index in [0.29, 0.717) is 5.82 Å². The predicted molar refractivity (Wildman–Crippen MR) is 179 cm³/mol. The minimum Gasteiger partial charge on any atom is -0.456 e. The first kappa shape index (κ1) is 23.6. The van der Waals surface area contributed by atoms with Crippen molar-refractivity contribution >= 4 is 65.4 Å². The number of benzene rings is 7. The quantitative estimate of drug-likeness (QED) is 0.201. The summed E-state index contributed by atoms with van der Waals surface area (Å²) in [7, 11) is 0. The number of furan rings is 2. The van der Waals surface area contributed by atoms with Gasteiger partial charge in [-0.3, -0.25) is 0 Å². The molecule has 0 radical (unpaired) electrons. The molecule has 0 aliphatic rings. The highest BCUT2D eigenvalue weighted by atomic mass is 16.3. The van der Waals surface area contributed by atoms with Gasteiger partial charge in [-0.2, -0.15) is 0 Å². The van der Waals surface area contributed by atoms with Gasteiger partial charge in [0.1, 0.15) is 22.3 Å². The lowest BCUT2D eigenvalue weighted by atomic mass is 9.93. The molecule has 3 aromatic heterocycles. The number of hydrogen-bond donors (Lipinski definition) is 0.